The molecule has 21 nitrogen and oxygen atoms in total. The van der Waals surface area contributed by atoms with Crippen molar-refractivity contribution in [2.45, 2.75) is 18.4 Å². The van der Waals surface area contributed by atoms with Gasteiger partial charge in [0.05, 0.1) is 82.8 Å². The zero-order valence-electron chi connectivity index (χ0n) is 37.5. The molecule has 2 aliphatic rings. The summed E-state index contributed by atoms with van der Waals surface area (Å²) in [6.45, 7) is 1.81. The molecule has 68 heavy (non-hydrogen) atoms. The number of carbonyl (C=O) groups excluding carboxylic acids is 3. The summed E-state index contributed by atoms with van der Waals surface area (Å²) in [6, 6.07) is 14.7. The molecular weight excluding hydrogens is 897 g/mol. The number of carboxylic acids is 3. The summed E-state index contributed by atoms with van der Waals surface area (Å²) in [5.74, 6) is -7.28. The lowest BCUT2D eigenvalue weighted by Crippen LogP contribution is -2.50. The van der Waals surface area contributed by atoms with Gasteiger partial charge in [-0.25, -0.2) is 8.78 Å². The van der Waals surface area contributed by atoms with E-state index in [9.17, 15) is 58.1 Å². The van der Waals surface area contributed by atoms with Gasteiger partial charge in [-0.05, 0) is 35.4 Å². The fourth-order valence-corrected chi connectivity index (χ4v) is 7.66. The van der Waals surface area contributed by atoms with Crippen LogP contribution in [0.1, 0.15) is 16.8 Å². The van der Waals surface area contributed by atoms with Crippen molar-refractivity contribution < 1.29 is 67.1 Å². The Labute approximate surface area is 391 Å². The van der Waals surface area contributed by atoms with E-state index in [1.165, 1.54) is 12.3 Å². The van der Waals surface area contributed by atoms with E-state index in [1.54, 1.807) is 39.0 Å². The third-order valence-corrected chi connectivity index (χ3v) is 11.1. The van der Waals surface area contributed by atoms with Crippen molar-refractivity contribution in [3.8, 4) is 22.9 Å². The van der Waals surface area contributed by atoms with E-state index in [-0.39, 0.29) is 96.8 Å². The first-order chi connectivity index (χ1) is 32.6. The minimum absolute atomic E-state index is 0.00117. The quantitative estimate of drug-likeness (QED) is 0.0853. The molecule has 3 heterocycles. The van der Waals surface area contributed by atoms with Gasteiger partial charge in [-0.2, -0.15) is 5.26 Å². The Morgan fingerprint density at radius 1 is 0.706 bits per heavy atom. The highest BCUT2D eigenvalue weighted by Gasteiger charge is 2.47. The largest absolute Gasteiger partial charge is 0.491 e. The second-order valence-corrected chi connectivity index (χ2v) is 16.2. The topological polar surface area (TPSA) is 268 Å². The lowest BCUT2D eigenvalue weighted by molar-refractivity contribution is -0.140. The Hall–Kier alpha value is -6.42. The molecule has 2 saturated heterocycles. The minimum atomic E-state index is -3.16. The molecule has 23 heteroatoms. The molecule has 0 unspecified atom stereocenters. The number of fused-ring (bicyclic) bond motifs is 1. The monoisotopic (exact) mass is 953 g/mol. The highest BCUT2D eigenvalue weighted by Crippen LogP contribution is 2.32. The Kier molecular flexibility index (Phi) is 20.3. The zero-order chi connectivity index (χ0) is 49.1. The molecule has 2 aliphatic heterocycles. The van der Waals surface area contributed by atoms with Crippen LogP contribution in [0.4, 0.5) is 8.78 Å². The normalized spacial score (nSPS) is 17.7. The number of halogens is 2. The van der Waals surface area contributed by atoms with E-state index < -0.39 is 61.2 Å². The summed E-state index contributed by atoms with van der Waals surface area (Å²) in [6.07, 6.45) is 0.716. The van der Waals surface area contributed by atoms with Gasteiger partial charge in [0.1, 0.15) is 18.4 Å². The number of aliphatic carboxylic acids is 3. The maximum atomic E-state index is 13.8. The van der Waals surface area contributed by atoms with Crippen LogP contribution >= 0.6 is 0 Å². The number of hydrogen-bond donors (Lipinski definition) is 5. The fraction of sp³-hybridized carbons (Fsp3) is 0.511. The average molecular weight is 954 g/mol. The standard InChI is InChI=1S/C45H57F2N9O12/c46-45(47)24-34(25-48)56(31-45)40(58)26-51-44(65)37-7-8-49-38-23-33(3-6-36(37)38)32-1-4-35(5-2-32)68-22-21-67-20-19-66-18-9-50-39(57)27-52-10-12-53(28-41(59)60)14-16-55(30-43(63)64)17-15-54(13-11-52)29-42(61)62/h1-8,23,34H,9-22,24,26-31H2,(H,50,57)(H,51,65)(H,59,60)(H,61,62)(H,63,64)/t34-/m0/s1. The van der Waals surface area contributed by atoms with E-state index in [4.69, 9.17) is 14.2 Å². The smallest absolute Gasteiger partial charge is 0.317 e. The number of carbonyl (C=O) groups is 6. The summed E-state index contributed by atoms with van der Waals surface area (Å²) < 4.78 is 44.6. The van der Waals surface area contributed by atoms with Crippen LogP contribution in [0, 0.1) is 11.3 Å². The third kappa shape index (κ3) is 17.3. The summed E-state index contributed by atoms with van der Waals surface area (Å²) in [7, 11) is 0. The molecular formula is C45H57F2N9O12. The van der Waals surface area contributed by atoms with Gasteiger partial charge in [-0.1, -0.05) is 24.3 Å². The number of rotatable bonds is 22. The van der Waals surface area contributed by atoms with Crippen LogP contribution in [0.2, 0.25) is 0 Å². The Bertz CT molecular complexity index is 2220. The van der Waals surface area contributed by atoms with Crippen molar-refractivity contribution in [1.29, 1.82) is 5.26 Å². The second kappa shape index (κ2) is 26.2. The fourth-order valence-electron chi connectivity index (χ4n) is 7.66. The van der Waals surface area contributed by atoms with Crippen molar-refractivity contribution in [3.05, 3.63) is 60.3 Å². The number of amides is 3. The predicted molar refractivity (Wildman–Crippen MR) is 239 cm³/mol. The average Bonchev–Trinajstić information content (AvgIpc) is 3.63. The molecule has 1 aromatic heterocycles. The number of ether oxygens (including phenoxy) is 3. The molecule has 2 aromatic carbocycles. The molecule has 0 aliphatic carbocycles. The number of pyridine rings is 1. The molecule has 3 aromatic rings. The van der Waals surface area contributed by atoms with Gasteiger partial charge in [0.25, 0.3) is 11.8 Å². The van der Waals surface area contributed by atoms with Gasteiger partial charge >= 0.3 is 17.9 Å². The highest BCUT2D eigenvalue weighted by atomic mass is 19.3. The van der Waals surface area contributed by atoms with Crippen LogP contribution in [-0.4, -0.2) is 224 Å². The van der Waals surface area contributed by atoms with Gasteiger partial charge in [0.15, 0.2) is 0 Å². The Morgan fingerprint density at radius 3 is 1.79 bits per heavy atom. The first-order valence-electron chi connectivity index (χ1n) is 22.0. The van der Waals surface area contributed by atoms with Crippen molar-refractivity contribution >= 4 is 46.5 Å². The van der Waals surface area contributed by atoms with Crippen LogP contribution in [0.15, 0.2) is 54.7 Å². The van der Waals surface area contributed by atoms with Crippen molar-refractivity contribution in [2.75, 3.05) is 131 Å². The predicted octanol–water partition coefficient (Wildman–Crippen LogP) is 0.395. The Balaban J connectivity index is 0.976. The third-order valence-electron chi connectivity index (χ3n) is 11.1. The van der Waals surface area contributed by atoms with Crippen LogP contribution < -0.4 is 15.4 Å². The number of nitrogens with zero attached hydrogens (tertiary/aromatic N) is 7. The number of alkyl halides is 2. The van der Waals surface area contributed by atoms with Crippen LogP contribution in [0.3, 0.4) is 0 Å². The number of hydrogen-bond acceptors (Lipinski definition) is 15. The van der Waals surface area contributed by atoms with Gasteiger partial charge < -0.3 is 45.1 Å². The first-order valence-corrected chi connectivity index (χ1v) is 22.0. The van der Waals surface area contributed by atoms with E-state index >= 15 is 0 Å². The van der Waals surface area contributed by atoms with Gasteiger partial charge in [0, 0.05) is 76.9 Å². The molecule has 0 spiro atoms. The number of nitrogens with one attached hydrogen (secondary N) is 2. The van der Waals surface area contributed by atoms with Crippen molar-refractivity contribution in [1.82, 2.24) is 40.1 Å². The van der Waals surface area contributed by atoms with Gasteiger partial charge in [-0.3, -0.25) is 53.4 Å². The molecule has 0 saturated carbocycles. The van der Waals surface area contributed by atoms with Crippen LogP contribution in [0.5, 0.6) is 5.75 Å². The first kappa shape index (κ1) is 52.5. The molecule has 368 valence electrons. The number of aromatic nitrogens is 1. The molecule has 5 rings (SSSR count). The van der Waals surface area contributed by atoms with Crippen LogP contribution in [0.25, 0.3) is 22.0 Å². The SMILES string of the molecule is N#C[C@@H]1CC(F)(F)CN1C(=O)CNC(=O)c1ccnc2cc(-c3ccc(OCCOCCOCCNC(=O)CN4CCN(CC(=O)O)CCN(CC(=O)O)CCN(CC(=O)O)CC4)cc3)ccc12. The molecule has 0 radical (unpaired) electrons. The number of benzene rings is 2. The van der Waals surface area contributed by atoms with Gasteiger partial charge in [0.2, 0.25) is 11.8 Å². The lowest BCUT2D eigenvalue weighted by atomic mass is 10.0. The lowest BCUT2D eigenvalue weighted by Gasteiger charge is -2.32. The number of nitriles is 1. The van der Waals surface area contributed by atoms with E-state index in [1.807, 2.05) is 29.2 Å². The molecule has 1 atom stereocenters. The summed E-state index contributed by atoms with van der Waals surface area (Å²) in [5.41, 5.74) is 2.44. The summed E-state index contributed by atoms with van der Waals surface area (Å²) in [4.78, 5) is 85.0. The second-order valence-electron chi connectivity index (χ2n) is 16.2. The summed E-state index contributed by atoms with van der Waals surface area (Å²) >= 11 is 0. The highest BCUT2D eigenvalue weighted by molar-refractivity contribution is 6.07. The molecule has 2 fully saturated rings. The minimum Gasteiger partial charge on any atom is -0.491 e. The Morgan fingerprint density at radius 2 is 1.24 bits per heavy atom. The zero-order valence-corrected chi connectivity index (χ0v) is 37.5. The van der Waals surface area contributed by atoms with Crippen molar-refractivity contribution in [3.63, 3.8) is 0 Å². The number of likely N-dealkylation sites (tertiary alicyclic amines) is 1. The maximum Gasteiger partial charge on any atom is 0.317 e. The van der Waals surface area contributed by atoms with Gasteiger partial charge in [-0.15, -0.1) is 0 Å². The number of carboxylic acid groups (broad SMARTS) is 3. The van der Waals surface area contributed by atoms with E-state index in [0.717, 1.165) is 16.0 Å². The molecule has 3 amide bonds. The maximum absolute atomic E-state index is 13.8. The molecule has 0 bridgehead atoms. The molecule has 5 N–H and O–H groups in total. The van der Waals surface area contributed by atoms with E-state index in [0.29, 0.717) is 49.4 Å². The summed E-state index contributed by atoms with van der Waals surface area (Å²) in [5, 5.41) is 43.2. The van der Waals surface area contributed by atoms with Crippen molar-refractivity contribution in [2.24, 2.45) is 0 Å². The van der Waals surface area contributed by atoms with Crippen LogP contribution in [-0.2, 0) is 33.4 Å². The van der Waals surface area contributed by atoms with E-state index in [2.05, 4.69) is 15.6 Å².